The third kappa shape index (κ3) is 7.45. The van der Waals surface area contributed by atoms with Gasteiger partial charge in [0.05, 0.1) is 30.3 Å². The van der Waals surface area contributed by atoms with Crippen LogP contribution in [0.15, 0.2) is 52.9 Å². The smallest absolute Gasteiger partial charge is 0.327 e. The van der Waals surface area contributed by atoms with Gasteiger partial charge in [-0.15, -0.1) is 4.36 Å². The Balaban J connectivity index is 1.28. The Morgan fingerprint density at radius 1 is 1.12 bits per heavy atom. The van der Waals surface area contributed by atoms with Crippen molar-refractivity contribution < 1.29 is 36.8 Å². The topological polar surface area (TPSA) is 119 Å². The number of urea groups is 1. The first-order chi connectivity index (χ1) is 24.9. The molecule has 2 heterocycles. The van der Waals surface area contributed by atoms with Crippen molar-refractivity contribution in [1.82, 2.24) is 10.0 Å². The summed E-state index contributed by atoms with van der Waals surface area (Å²) >= 11 is 0. The number of rotatable bonds is 5. The van der Waals surface area contributed by atoms with Gasteiger partial charge in [0.15, 0.2) is 0 Å². The van der Waals surface area contributed by atoms with Crippen LogP contribution in [0.1, 0.15) is 66.1 Å². The molecule has 2 aromatic carbocycles. The molecule has 2 bridgehead atoms. The molecular weight excluding hydrogens is 691 g/mol. The zero-order valence-electron chi connectivity index (χ0n) is 30.3. The fourth-order valence-electron chi connectivity index (χ4n) is 8.80. The van der Waals surface area contributed by atoms with Crippen LogP contribution in [0.25, 0.3) is 0 Å². The van der Waals surface area contributed by atoms with Crippen molar-refractivity contribution in [2.75, 3.05) is 44.6 Å². The van der Waals surface area contributed by atoms with E-state index in [1.807, 2.05) is 12.2 Å². The summed E-state index contributed by atoms with van der Waals surface area (Å²) < 4.78 is 65.9. The second-order valence-corrected chi connectivity index (χ2v) is 17.5. The minimum absolute atomic E-state index is 0.123. The molecule has 0 saturated heterocycles. The summed E-state index contributed by atoms with van der Waals surface area (Å²) in [6.07, 6.45) is 5.83. The highest BCUT2D eigenvalue weighted by Gasteiger charge is 2.46. The van der Waals surface area contributed by atoms with Gasteiger partial charge in [-0.25, -0.2) is 17.8 Å². The van der Waals surface area contributed by atoms with Crippen molar-refractivity contribution >= 4 is 27.5 Å². The Morgan fingerprint density at radius 3 is 2.62 bits per heavy atom. The Labute approximate surface area is 305 Å². The third-order valence-corrected chi connectivity index (χ3v) is 13.8. The van der Waals surface area contributed by atoms with Gasteiger partial charge >= 0.3 is 6.03 Å². The van der Waals surface area contributed by atoms with Crippen LogP contribution in [-0.4, -0.2) is 80.5 Å². The van der Waals surface area contributed by atoms with Crippen LogP contribution in [0.4, 0.5) is 19.3 Å². The van der Waals surface area contributed by atoms with Gasteiger partial charge < -0.3 is 24.4 Å². The van der Waals surface area contributed by atoms with E-state index < -0.39 is 52.3 Å². The van der Waals surface area contributed by atoms with E-state index >= 15 is 0 Å². The van der Waals surface area contributed by atoms with Crippen molar-refractivity contribution in [1.29, 1.82) is 0 Å². The highest BCUT2D eigenvalue weighted by atomic mass is 32.2. The fraction of sp³-hybridized carbons (Fsp3) is 0.590. The number of hydrogen-bond donors (Lipinski definition) is 2. The first-order valence-electron chi connectivity index (χ1n) is 18.4. The summed E-state index contributed by atoms with van der Waals surface area (Å²) in [6, 6.07) is 10.3. The molecule has 0 aromatic heterocycles. The molecule has 10 nitrogen and oxygen atoms in total. The molecule has 2 aliphatic heterocycles. The molecular formula is C39H50F2N4O6S. The van der Waals surface area contributed by atoms with Gasteiger partial charge in [0.2, 0.25) is 6.43 Å². The summed E-state index contributed by atoms with van der Waals surface area (Å²) in [7, 11) is -0.497. The van der Waals surface area contributed by atoms with Crippen molar-refractivity contribution in [3.8, 4) is 5.75 Å². The number of nitrogens with one attached hydrogen (secondary N) is 2. The molecule has 13 heteroatoms. The molecule has 1 spiro atoms. The lowest BCUT2D eigenvalue weighted by atomic mass is 9.68. The maximum absolute atomic E-state index is 14.5. The Kier molecular flexibility index (Phi) is 10.4. The number of ether oxygens (including phenoxy) is 3. The fourth-order valence-corrected chi connectivity index (χ4v) is 10.6. The SMILES string of the molecule is CO[C@H]1/C=C/[C@H](OC)[C@H](C)C[S@@](=O)(NC(=O)N[C@H]2C[C@@H]2C(F)F)=NC(=O)c2ccc3c(c2)N(C[C@@H]2CC[C@H]21)C[C@@]1(CCCc2cc(C)ccc21)CO3. The highest BCUT2D eigenvalue weighted by molar-refractivity contribution is 7.92. The summed E-state index contributed by atoms with van der Waals surface area (Å²) in [5.41, 5.74) is 4.63. The van der Waals surface area contributed by atoms with Crippen molar-refractivity contribution in [3.63, 3.8) is 0 Å². The number of aryl methyl sites for hydroxylation is 2. The van der Waals surface area contributed by atoms with E-state index in [2.05, 4.69) is 44.4 Å². The first-order valence-corrected chi connectivity index (χ1v) is 20.1. The predicted molar refractivity (Wildman–Crippen MR) is 195 cm³/mol. The van der Waals surface area contributed by atoms with E-state index in [1.165, 1.54) is 16.7 Å². The molecule has 3 amide bonds. The molecule has 5 aliphatic rings. The van der Waals surface area contributed by atoms with Gasteiger partial charge in [0.1, 0.15) is 15.7 Å². The normalized spacial score (nSPS) is 34.9. The van der Waals surface area contributed by atoms with E-state index in [1.54, 1.807) is 39.3 Å². The van der Waals surface area contributed by atoms with E-state index in [0.29, 0.717) is 24.8 Å². The molecule has 3 aliphatic carbocycles. The molecule has 52 heavy (non-hydrogen) atoms. The number of methoxy groups -OCH3 is 2. The monoisotopic (exact) mass is 740 g/mol. The molecule has 282 valence electrons. The summed E-state index contributed by atoms with van der Waals surface area (Å²) in [4.78, 5) is 29.4. The van der Waals surface area contributed by atoms with Gasteiger partial charge in [-0.2, -0.15) is 0 Å². The number of amides is 3. The molecule has 7 rings (SSSR count). The van der Waals surface area contributed by atoms with E-state index in [4.69, 9.17) is 14.2 Å². The van der Waals surface area contributed by atoms with Crippen LogP contribution in [0, 0.1) is 30.6 Å². The first kappa shape index (κ1) is 36.8. The van der Waals surface area contributed by atoms with Crippen LogP contribution in [0.2, 0.25) is 0 Å². The minimum atomic E-state index is -3.76. The number of fused-ring (bicyclic) bond motifs is 4. The van der Waals surface area contributed by atoms with Crippen LogP contribution in [-0.2, 0) is 31.2 Å². The number of hydrogen-bond acceptors (Lipinski definition) is 7. The van der Waals surface area contributed by atoms with Gasteiger partial charge in [-0.3, -0.25) is 9.52 Å². The van der Waals surface area contributed by atoms with E-state index in [-0.39, 0.29) is 35.2 Å². The second-order valence-electron chi connectivity index (χ2n) is 15.5. The average Bonchev–Trinajstić information content (AvgIpc) is 3.88. The summed E-state index contributed by atoms with van der Waals surface area (Å²) in [5.74, 6) is -1.15. The second kappa shape index (κ2) is 14.7. The lowest BCUT2D eigenvalue weighted by Gasteiger charge is -2.46. The Hall–Kier alpha value is -3.55. The maximum atomic E-state index is 14.5. The van der Waals surface area contributed by atoms with Gasteiger partial charge in [0, 0.05) is 50.2 Å². The third-order valence-electron chi connectivity index (χ3n) is 11.9. The number of carbonyl (C=O) groups excluding carboxylic acids is 2. The lowest BCUT2D eigenvalue weighted by Crippen LogP contribution is -2.49. The number of nitrogens with zero attached hydrogens (tertiary/aromatic N) is 2. The maximum Gasteiger partial charge on any atom is 0.327 e. The standard InChI is InChI=1S/C39H50F2N4O6S/c1-23-7-11-30-25(16-23)6-5-15-39(30)21-45-19-27-8-10-28(27)34(50-4)14-13-33(49-3)24(2)20-52(48,44-38(47)42-31-18-29(31)36(40)41)43-37(46)26-9-12-35(51-22-39)32(45)17-26/h7,9,11-14,16-17,24,27-29,31,33-34,36H,5-6,8,10,15,18-22H2,1-4H3,(H2,42,43,44,46,47,48)/b14-13+/t24-,27+,28-,29+,31+,33+,34+,39+,52+/m1/s1. The molecule has 2 N–H and O–H groups in total. The zero-order chi connectivity index (χ0) is 36.8. The highest BCUT2D eigenvalue weighted by Crippen LogP contribution is 2.47. The number of benzene rings is 2. The number of halogens is 2. The summed E-state index contributed by atoms with van der Waals surface area (Å²) in [6.45, 7) is 5.86. The summed E-state index contributed by atoms with van der Waals surface area (Å²) in [5, 5.41) is 2.48. The number of carbonyl (C=O) groups is 2. The van der Waals surface area contributed by atoms with Crippen LogP contribution >= 0.6 is 0 Å². The van der Waals surface area contributed by atoms with Crippen LogP contribution in [0.5, 0.6) is 5.75 Å². The predicted octanol–water partition coefficient (Wildman–Crippen LogP) is 6.21. The molecule has 0 radical (unpaired) electrons. The van der Waals surface area contributed by atoms with Gasteiger partial charge in [0.25, 0.3) is 5.91 Å². The quantitative estimate of drug-likeness (QED) is 0.351. The lowest BCUT2D eigenvalue weighted by molar-refractivity contribution is 0.0120. The Morgan fingerprint density at radius 2 is 1.90 bits per heavy atom. The Bertz CT molecular complexity index is 1850. The molecule has 2 saturated carbocycles. The van der Waals surface area contributed by atoms with Gasteiger partial charge in [-0.1, -0.05) is 42.8 Å². The molecule has 9 atom stereocenters. The number of alkyl halides is 2. The van der Waals surface area contributed by atoms with Crippen molar-refractivity contribution in [2.45, 2.75) is 82.5 Å². The van der Waals surface area contributed by atoms with Crippen molar-refractivity contribution in [2.24, 2.45) is 28.0 Å². The van der Waals surface area contributed by atoms with E-state index in [9.17, 15) is 22.6 Å². The minimum Gasteiger partial charge on any atom is -0.490 e. The number of anilines is 1. The van der Waals surface area contributed by atoms with Gasteiger partial charge in [-0.05, 0) is 92.5 Å². The van der Waals surface area contributed by atoms with Crippen LogP contribution in [0.3, 0.4) is 0 Å². The molecule has 2 aromatic rings. The molecule has 2 fully saturated rings. The largest absolute Gasteiger partial charge is 0.490 e. The van der Waals surface area contributed by atoms with E-state index in [0.717, 1.165) is 44.3 Å². The van der Waals surface area contributed by atoms with Crippen molar-refractivity contribution in [3.05, 3.63) is 70.8 Å². The average molecular weight is 741 g/mol. The zero-order valence-corrected chi connectivity index (χ0v) is 31.1. The molecule has 0 unspecified atom stereocenters. The van der Waals surface area contributed by atoms with Crippen LogP contribution < -0.4 is 19.7 Å².